The Labute approximate surface area is 111 Å². The van der Waals surface area contributed by atoms with Gasteiger partial charge in [0.1, 0.15) is 5.78 Å². The molecule has 0 aliphatic heterocycles. The molecule has 1 heteroatoms. The van der Waals surface area contributed by atoms with Crippen molar-refractivity contribution in [2.75, 3.05) is 0 Å². The highest BCUT2D eigenvalue weighted by molar-refractivity contribution is 5.83. The lowest BCUT2D eigenvalue weighted by Gasteiger charge is -2.09. The zero-order valence-electron chi connectivity index (χ0n) is 11.4. The molecule has 2 unspecified atom stereocenters. The molecular formula is C17H24O. The normalized spacial score (nSPS) is 23.5. The average molecular weight is 244 g/mol. The molecular weight excluding hydrogens is 220 g/mol. The number of ketones is 1. The standard InChI is InChI=1S/C17H24O/c1-2-3-9-16-12-15(13-17(16)18)11-10-14-7-5-4-6-8-14/h4-8,15-16H,2-3,9-13H2,1H3. The summed E-state index contributed by atoms with van der Waals surface area (Å²) in [6.07, 6.45) is 7.82. The summed E-state index contributed by atoms with van der Waals surface area (Å²) in [4.78, 5) is 11.9. The maximum Gasteiger partial charge on any atom is 0.136 e. The van der Waals surface area contributed by atoms with Gasteiger partial charge < -0.3 is 0 Å². The van der Waals surface area contributed by atoms with Crippen LogP contribution >= 0.6 is 0 Å². The quantitative estimate of drug-likeness (QED) is 0.724. The second-order valence-electron chi connectivity index (χ2n) is 5.64. The van der Waals surface area contributed by atoms with E-state index >= 15 is 0 Å². The Hall–Kier alpha value is -1.11. The van der Waals surface area contributed by atoms with Crippen molar-refractivity contribution in [3.05, 3.63) is 35.9 Å². The highest BCUT2D eigenvalue weighted by Gasteiger charge is 2.31. The summed E-state index contributed by atoms with van der Waals surface area (Å²) in [7, 11) is 0. The predicted octanol–water partition coefficient (Wildman–Crippen LogP) is 4.40. The number of benzene rings is 1. The Morgan fingerprint density at radius 2 is 1.94 bits per heavy atom. The molecule has 1 nitrogen and oxygen atoms in total. The summed E-state index contributed by atoms with van der Waals surface area (Å²) in [5.74, 6) is 1.55. The van der Waals surface area contributed by atoms with Crippen molar-refractivity contribution in [3.63, 3.8) is 0 Å². The number of aryl methyl sites for hydroxylation is 1. The van der Waals surface area contributed by atoms with Gasteiger partial charge in [0.15, 0.2) is 0 Å². The molecule has 1 aromatic rings. The molecule has 1 aliphatic rings. The van der Waals surface area contributed by atoms with E-state index in [9.17, 15) is 4.79 Å². The first-order chi connectivity index (χ1) is 8.79. The van der Waals surface area contributed by atoms with E-state index in [0.29, 0.717) is 17.6 Å². The Balaban J connectivity index is 1.77. The van der Waals surface area contributed by atoms with Gasteiger partial charge in [-0.3, -0.25) is 4.79 Å². The van der Waals surface area contributed by atoms with E-state index in [1.807, 2.05) is 0 Å². The number of carbonyl (C=O) groups excluding carboxylic acids is 1. The lowest BCUT2D eigenvalue weighted by molar-refractivity contribution is -0.121. The molecule has 18 heavy (non-hydrogen) atoms. The highest BCUT2D eigenvalue weighted by Crippen LogP contribution is 2.34. The molecule has 0 heterocycles. The van der Waals surface area contributed by atoms with Crippen LogP contribution in [0.25, 0.3) is 0 Å². The third kappa shape index (κ3) is 3.69. The summed E-state index contributed by atoms with van der Waals surface area (Å²) in [6, 6.07) is 10.6. The molecule has 2 atom stereocenters. The predicted molar refractivity (Wildman–Crippen MR) is 75.5 cm³/mol. The molecule has 2 rings (SSSR count). The fourth-order valence-electron chi connectivity index (χ4n) is 3.03. The Kier molecular flexibility index (Phi) is 4.98. The van der Waals surface area contributed by atoms with Gasteiger partial charge in [-0.2, -0.15) is 0 Å². The number of hydrogen-bond donors (Lipinski definition) is 0. The van der Waals surface area contributed by atoms with Crippen molar-refractivity contribution in [1.82, 2.24) is 0 Å². The summed E-state index contributed by atoms with van der Waals surface area (Å²) in [5, 5.41) is 0. The minimum absolute atomic E-state index is 0.380. The lowest BCUT2D eigenvalue weighted by Crippen LogP contribution is -2.05. The van der Waals surface area contributed by atoms with E-state index < -0.39 is 0 Å². The third-order valence-corrected chi connectivity index (χ3v) is 4.15. The molecule has 0 aromatic heterocycles. The highest BCUT2D eigenvalue weighted by atomic mass is 16.1. The smallest absolute Gasteiger partial charge is 0.136 e. The number of unbranched alkanes of at least 4 members (excludes halogenated alkanes) is 1. The number of rotatable bonds is 6. The molecule has 0 saturated heterocycles. The van der Waals surface area contributed by atoms with Crippen molar-refractivity contribution in [2.45, 2.75) is 51.9 Å². The maximum atomic E-state index is 11.9. The van der Waals surface area contributed by atoms with Crippen LogP contribution in [0.4, 0.5) is 0 Å². The van der Waals surface area contributed by atoms with Crippen LogP contribution in [0.5, 0.6) is 0 Å². The van der Waals surface area contributed by atoms with Gasteiger partial charge in [-0.15, -0.1) is 0 Å². The van der Waals surface area contributed by atoms with E-state index in [0.717, 1.165) is 25.7 Å². The number of carbonyl (C=O) groups is 1. The molecule has 1 saturated carbocycles. The van der Waals surface area contributed by atoms with E-state index in [1.54, 1.807) is 0 Å². The minimum atomic E-state index is 0.380. The molecule has 0 spiro atoms. The summed E-state index contributed by atoms with van der Waals surface area (Å²) < 4.78 is 0. The van der Waals surface area contributed by atoms with E-state index in [-0.39, 0.29) is 0 Å². The fourth-order valence-corrected chi connectivity index (χ4v) is 3.03. The fraction of sp³-hybridized carbons (Fsp3) is 0.588. The first-order valence-electron chi connectivity index (χ1n) is 7.36. The average Bonchev–Trinajstić information content (AvgIpc) is 2.76. The molecule has 1 aliphatic carbocycles. The molecule has 0 amide bonds. The van der Waals surface area contributed by atoms with Crippen molar-refractivity contribution < 1.29 is 4.79 Å². The van der Waals surface area contributed by atoms with Gasteiger partial charge in [0.2, 0.25) is 0 Å². The molecule has 1 fully saturated rings. The van der Waals surface area contributed by atoms with Gasteiger partial charge in [-0.1, -0.05) is 50.1 Å². The third-order valence-electron chi connectivity index (χ3n) is 4.15. The van der Waals surface area contributed by atoms with Gasteiger partial charge in [0.25, 0.3) is 0 Å². The SMILES string of the molecule is CCCCC1CC(CCc2ccccc2)CC1=O. The van der Waals surface area contributed by atoms with Gasteiger partial charge in [0.05, 0.1) is 0 Å². The van der Waals surface area contributed by atoms with Crippen LogP contribution in [0.1, 0.15) is 51.0 Å². The van der Waals surface area contributed by atoms with Gasteiger partial charge in [0, 0.05) is 12.3 Å². The minimum Gasteiger partial charge on any atom is -0.299 e. The summed E-state index contributed by atoms with van der Waals surface area (Å²) in [5.41, 5.74) is 1.40. The van der Waals surface area contributed by atoms with Crippen molar-refractivity contribution in [1.29, 1.82) is 0 Å². The summed E-state index contributed by atoms with van der Waals surface area (Å²) in [6.45, 7) is 2.20. The van der Waals surface area contributed by atoms with Crippen molar-refractivity contribution >= 4 is 5.78 Å². The van der Waals surface area contributed by atoms with Crippen molar-refractivity contribution in [2.24, 2.45) is 11.8 Å². The van der Waals surface area contributed by atoms with Gasteiger partial charge in [-0.05, 0) is 37.2 Å². The molecule has 0 bridgehead atoms. The second-order valence-corrected chi connectivity index (χ2v) is 5.64. The second kappa shape index (κ2) is 6.72. The van der Waals surface area contributed by atoms with Crippen LogP contribution in [0.15, 0.2) is 30.3 Å². The van der Waals surface area contributed by atoms with Crippen LogP contribution in [-0.2, 0) is 11.2 Å². The molecule has 0 radical (unpaired) electrons. The molecule has 0 N–H and O–H groups in total. The van der Waals surface area contributed by atoms with Gasteiger partial charge >= 0.3 is 0 Å². The van der Waals surface area contributed by atoms with Crippen LogP contribution in [0.2, 0.25) is 0 Å². The van der Waals surface area contributed by atoms with Crippen LogP contribution in [0.3, 0.4) is 0 Å². The van der Waals surface area contributed by atoms with E-state index in [1.165, 1.54) is 24.8 Å². The zero-order valence-corrected chi connectivity index (χ0v) is 11.4. The topological polar surface area (TPSA) is 17.1 Å². The largest absolute Gasteiger partial charge is 0.299 e. The molecule has 1 aromatic carbocycles. The monoisotopic (exact) mass is 244 g/mol. The van der Waals surface area contributed by atoms with Crippen molar-refractivity contribution in [3.8, 4) is 0 Å². The van der Waals surface area contributed by atoms with Gasteiger partial charge in [-0.25, -0.2) is 0 Å². The molecule has 98 valence electrons. The Morgan fingerprint density at radius 1 is 1.17 bits per heavy atom. The van der Waals surface area contributed by atoms with Crippen LogP contribution in [0, 0.1) is 11.8 Å². The number of Topliss-reactive ketones (excluding diaryl/α,β-unsaturated/α-hetero) is 1. The van der Waals surface area contributed by atoms with Crippen LogP contribution in [-0.4, -0.2) is 5.78 Å². The maximum absolute atomic E-state index is 11.9. The first-order valence-corrected chi connectivity index (χ1v) is 7.36. The number of hydrogen-bond acceptors (Lipinski definition) is 1. The zero-order chi connectivity index (χ0) is 12.8. The first kappa shape index (κ1) is 13.3. The Morgan fingerprint density at radius 3 is 2.67 bits per heavy atom. The van der Waals surface area contributed by atoms with Crippen LogP contribution < -0.4 is 0 Å². The summed E-state index contributed by atoms with van der Waals surface area (Å²) >= 11 is 0. The lowest BCUT2D eigenvalue weighted by atomic mass is 9.95. The van der Waals surface area contributed by atoms with E-state index in [4.69, 9.17) is 0 Å². The van der Waals surface area contributed by atoms with E-state index in [2.05, 4.69) is 37.3 Å². The Bertz CT molecular complexity index is 368.